The lowest BCUT2D eigenvalue weighted by molar-refractivity contribution is -0.140. The van der Waals surface area contributed by atoms with Crippen molar-refractivity contribution < 1.29 is 18.0 Å². The molecule has 0 fully saturated rings. The summed E-state index contributed by atoms with van der Waals surface area (Å²) in [5.41, 5.74) is 1.80. The summed E-state index contributed by atoms with van der Waals surface area (Å²) >= 11 is 18.5. The average Bonchev–Trinajstić information content (AvgIpc) is 2.88. The van der Waals surface area contributed by atoms with Gasteiger partial charge in [0.15, 0.2) is 0 Å². The number of anilines is 1. The molecule has 0 aliphatic carbocycles. The number of rotatable bonds is 11. The maximum Gasteiger partial charge on any atom is 0.264 e. The van der Waals surface area contributed by atoms with Gasteiger partial charge in [-0.1, -0.05) is 65.5 Å². The number of nitrogens with one attached hydrogen (secondary N) is 1. The fraction of sp³-hybridized carbons (Fsp3) is 0.310. The van der Waals surface area contributed by atoms with Gasteiger partial charge >= 0.3 is 0 Å². The van der Waals surface area contributed by atoms with Gasteiger partial charge in [-0.05, 0) is 81.3 Å². The lowest BCUT2D eigenvalue weighted by Crippen LogP contribution is -2.53. The fourth-order valence-corrected chi connectivity index (χ4v) is 6.12. The number of carbonyl (C=O) groups excluding carboxylic acids is 2. The van der Waals surface area contributed by atoms with Crippen LogP contribution in [-0.2, 0) is 26.2 Å². The zero-order chi connectivity index (χ0) is 29.6. The van der Waals surface area contributed by atoms with Gasteiger partial charge in [-0.3, -0.25) is 13.9 Å². The third kappa shape index (κ3) is 7.91. The van der Waals surface area contributed by atoms with Crippen LogP contribution in [0.1, 0.15) is 38.3 Å². The van der Waals surface area contributed by atoms with E-state index in [0.717, 1.165) is 9.87 Å². The highest BCUT2D eigenvalue weighted by Gasteiger charge is 2.34. The summed E-state index contributed by atoms with van der Waals surface area (Å²) in [6, 6.07) is 16.4. The quantitative estimate of drug-likeness (QED) is 0.265. The Balaban J connectivity index is 2.08. The molecular formula is C29H32Cl3N3O4S. The van der Waals surface area contributed by atoms with Gasteiger partial charge in [-0.2, -0.15) is 0 Å². The molecule has 7 nitrogen and oxygen atoms in total. The summed E-state index contributed by atoms with van der Waals surface area (Å²) in [7, 11) is -4.19. The van der Waals surface area contributed by atoms with Crippen LogP contribution in [0, 0.1) is 6.92 Å². The Morgan fingerprint density at radius 1 is 0.900 bits per heavy atom. The normalized spacial score (nSPS) is 12.2. The van der Waals surface area contributed by atoms with E-state index < -0.39 is 28.5 Å². The second-order valence-corrected chi connectivity index (χ2v) is 12.8. The van der Waals surface area contributed by atoms with E-state index in [-0.39, 0.29) is 23.4 Å². The molecule has 2 amide bonds. The van der Waals surface area contributed by atoms with Crippen molar-refractivity contribution in [1.82, 2.24) is 10.2 Å². The van der Waals surface area contributed by atoms with Gasteiger partial charge in [0, 0.05) is 27.7 Å². The Kier molecular flexibility index (Phi) is 10.9. The van der Waals surface area contributed by atoms with Crippen molar-refractivity contribution in [2.45, 2.75) is 57.6 Å². The maximum atomic E-state index is 14.0. The highest BCUT2D eigenvalue weighted by molar-refractivity contribution is 7.92. The molecule has 214 valence electrons. The van der Waals surface area contributed by atoms with Crippen LogP contribution in [0.4, 0.5) is 5.69 Å². The summed E-state index contributed by atoms with van der Waals surface area (Å²) in [6.45, 7) is 6.74. The fourth-order valence-electron chi connectivity index (χ4n) is 4.11. The number of hydrogen-bond donors (Lipinski definition) is 1. The van der Waals surface area contributed by atoms with Crippen molar-refractivity contribution in [3.05, 3.63) is 92.9 Å². The topological polar surface area (TPSA) is 86.8 Å². The van der Waals surface area contributed by atoms with Gasteiger partial charge in [0.1, 0.15) is 12.6 Å². The summed E-state index contributed by atoms with van der Waals surface area (Å²) in [5.74, 6) is -0.923. The highest BCUT2D eigenvalue weighted by Crippen LogP contribution is 2.27. The van der Waals surface area contributed by atoms with Gasteiger partial charge < -0.3 is 10.2 Å². The first-order valence-electron chi connectivity index (χ1n) is 12.7. The molecular weight excluding hydrogens is 593 g/mol. The third-order valence-corrected chi connectivity index (χ3v) is 8.80. The van der Waals surface area contributed by atoms with Crippen LogP contribution < -0.4 is 9.62 Å². The van der Waals surface area contributed by atoms with E-state index in [1.807, 2.05) is 20.8 Å². The molecule has 0 spiro atoms. The molecule has 1 atom stereocenters. The lowest BCUT2D eigenvalue weighted by Gasteiger charge is -2.33. The van der Waals surface area contributed by atoms with Crippen LogP contribution in [0.3, 0.4) is 0 Å². The van der Waals surface area contributed by atoms with Gasteiger partial charge in [0.25, 0.3) is 10.0 Å². The van der Waals surface area contributed by atoms with Crippen LogP contribution in [0.25, 0.3) is 0 Å². The van der Waals surface area contributed by atoms with Crippen LogP contribution in [0.15, 0.2) is 71.6 Å². The van der Waals surface area contributed by atoms with E-state index in [2.05, 4.69) is 5.32 Å². The molecule has 0 radical (unpaired) electrons. The standard InChI is InChI=1S/C29H32Cl3N3O4S/c1-5-27(29(37)33-19(2)3)34(17-21-8-9-23(31)16-26(21)32)28(36)18-35(24-12-6-20(4)7-13-24)40(38,39)25-14-10-22(30)11-15-25/h6-16,19,27H,5,17-18H2,1-4H3,(H,33,37)/t27-/m0/s1. The largest absolute Gasteiger partial charge is 0.352 e. The van der Waals surface area contributed by atoms with Crippen molar-refractivity contribution >= 4 is 62.3 Å². The molecule has 0 aliphatic heterocycles. The highest BCUT2D eigenvalue weighted by atomic mass is 35.5. The van der Waals surface area contributed by atoms with E-state index in [1.54, 1.807) is 49.4 Å². The number of hydrogen-bond acceptors (Lipinski definition) is 4. The zero-order valence-electron chi connectivity index (χ0n) is 22.7. The summed E-state index contributed by atoms with van der Waals surface area (Å²) in [4.78, 5) is 28.6. The molecule has 0 saturated heterocycles. The second-order valence-electron chi connectivity index (χ2n) is 9.65. The minimum absolute atomic E-state index is 0.0258. The Morgan fingerprint density at radius 3 is 2.05 bits per heavy atom. The van der Waals surface area contributed by atoms with Gasteiger partial charge in [-0.25, -0.2) is 8.42 Å². The van der Waals surface area contributed by atoms with Crippen molar-refractivity contribution in [2.24, 2.45) is 0 Å². The first kappa shape index (κ1) is 31.7. The van der Waals surface area contributed by atoms with Crippen LogP contribution in [0.2, 0.25) is 15.1 Å². The molecule has 1 N–H and O–H groups in total. The number of aryl methyl sites for hydroxylation is 1. The van der Waals surface area contributed by atoms with Crippen LogP contribution >= 0.6 is 34.8 Å². The smallest absolute Gasteiger partial charge is 0.264 e. The van der Waals surface area contributed by atoms with Crippen molar-refractivity contribution in [3.8, 4) is 0 Å². The summed E-state index contributed by atoms with van der Waals surface area (Å²) < 4.78 is 28.7. The van der Waals surface area contributed by atoms with Crippen LogP contribution in [0.5, 0.6) is 0 Å². The second kappa shape index (κ2) is 13.7. The Labute approximate surface area is 251 Å². The number of amides is 2. The number of sulfonamides is 1. The zero-order valence-corrected chi connectivity index (χ0v) is 25.8. The molecule has 3 rings (SSSR count). The predicted molar refractivity (Wildman–Crippen MR) is 162 cm³/mol. The number of nitrogens with zero attached hydrogens (tertiary/aromatic N) is 2. The van der Waals surface area contributed by atoms with Gasteiger partial charge in [0.05, 0.1) is 10.6 Å². The van der Waals surface area contributed by atoms with E-state index in [0.29, 0.717) is 32.7 Å². The van der Waals surface area contributed by atoms with E-state index in [4.69, 9.17) is 34.8 Å². The lowest BCUT2D eigenvalue weighted by atomic mass is 10.1. The molecule has 3 aromatic rings. The predicted octanol–water partition coefficient (Wildman–Crippen LogP) is 6.48. The Hall–Kier alpha value is -2.78. The molecule has 11 heteroatoms. The van der Waals surface area contributed by atoms with Crippen molar-refractivity contribution in [3.63, 3.8) is 0 Å². The SMILES string of the molecule is CC[C@@H](C(=O)NC(C)C)N(Cc1ccc(Cl)cc1Cl)C(=O)CN(c1ccc(C)cc1)S(=O)(=O)c1ccc(Cl)cc1. The molecule has 0 aliphatic rings. The van der Waals surface area contributed by atoms with E-state index >= 15 is 0 Å². The molecule has 0 unspecified atom stereocenters. The molecule has 0 heterocycles. The van der Waals surface area contributed by atoms with Crippen molar-refractivity contribution in [1.29, 1.82) is 0 Å². The number of benzene rings is 3. The number of carbonyl (C=O) groups is 2. The van der Waals surface area contributed by atoms with Gasteiger partial charge in [0.2, 0.25) is 11.8 Å². The molecule has 3 aromatic carbocycles. The summed E-state index contributed by atoms with van der Waals surface area (Å²) in [5, 5.41) is 3.99. The monoisotopic (exact) mass is 623 g/mol. The Bertz CT molecular complexity index is 1450. The van der Waals surface area contributed by atoms with Crippen molar-refractivity contribution in [2.75, 3.05) is 10.8 Å². The van der Waals surface area contributed by atoms with E-state index in [9.17, 15) is 18.0 Å². The molecule has 0 aromatic heterocycles. The molecule has 0 saturated carbocycles. The minimum atomic E-state index is -4.19. The Morgan fingerprint density at radius 2 is 1.50 bits per heavy atom. The first-order chi connectivity index (χ1) is 18.8. The van der Waals surface area contributed by atoms with Gasteiger partial charge in [-0.15, -0.1) is 0 Å². The maximum absolute atomic E-state index is 14.0. The first-order valence-corrected chi connectivity index (χ1v) is 15.3. The van der Waals surface area contributed by atoms with E-state index in [1.165, 1.54) is 29.2 Å². The summed E-state index contributed by atoms with van der Waals surface area (Å²) in [6.07, 6.45) is 0.296. The molecule has 40 heavy (non-hydrogen) atoms. The molecule has 0 bridgehead atoms. The number of halogens is 3. The van der Waals surface area contributed by atoms with Crippen LogP contribution in [-0.4, -0.2) is 43.8 Å². The third-order valence-electron chi connectivity index (χ3n) is 6.18. The minimum Gasteiger partial charge on any atom is -0.352 e. The average molecular weight is 625 g/mol.